The zero-order valence-electron chi connectivity index (χ0n) is 30.4. The van der Waals surface area contributed by atoms with Crippen molar-refractivity contribution in [2.75, 3.05) is 26.2 Å². The summed E-state index contributed by atoms with van der Waals surface area (Å²) in [6.07, 6.45) is 5.29. The Morgan fingerprint density at radius 1 is 0.593 bits per heavy atom. The van der Waals surface area contributed by atoms with Crippen LogP contribution < -0.4 is 0 Å². The number of fused-ring (bicyclic) bond motifs is 4. The number of carbonyl (C=O) groups is 4. The molecule has 9 rings (SSSR count). The molecule has 0 aromatic heterocycles. The molecular formula is C44H47FN4O5. The Morgan fingerprint density at radius 3 is 1.67 bits per heavy atom. The molecule has 0 bridgehead atoms. The van der Waals surface area contributed by atoms with Crippen LogP contribution in [0.5, 0.6) is 5.75 Å². The minimum Gasteiger partial charge on any atom is -0.505 e. The van der Waals surface area contributed by atoms with Crippen LogP contribution in [0.2, 0.25) is 0 Å². The number of nitrogens with zero attached hydrogens (tertiary/aromatic N) is 4. The predicted molar refractivity (Wildman–Crippen MR) is 199 cm³/mol. The van der Waals surface area contributed by atoms with Crippen LogP contribution in [-0.4, -0.2) is 86.6 Å². The van der Waals surface area contributed by atoms with E-state index in [1.54, 1.807) is 6.07 Å². The Hall–Kier alpha value is -4.67. The van der Waals surface area contributed by atoms with Crippen molar-refractivity contribution >= 4 is 23.6 Å². The van der Waals surface area contributed by atoms with Crippen LogP contribution >= 0.6 is 0 Å². The number of rotatable bonds is 7. The molecule has 3 aromatic carbocycles. The molecule has 4 saturated heterocycles. The molecule has 0 radical (unpaired) electrons. The summed E-state index contributed by atoms with van der Waals surface area (Å²) in [6.45, 7) is 4.67. The number of halogens is 1. The maximum absolute atomic E-state index is 15.0. The van der Waals surface area contributed by atoms with Crippen molar-refractivity contribution in [3.8, 4) is 5.75 Å². The zero-order chi connectivity index (χ0) is 37.1. The van der Waals surface area contributed by atoms with Crippen LogP contribution in [-0.2, 0) is 32.3 Å². The van der Waals surface area contributed by atoms with E-state index in [4.69, 9.17) is 0 Å². The molecule has 4 aliphatic heterocycles. The van der Waals surface area contributed by atoms with Crippen molar-refractivity contribution in [3.05, 3.63) is 113 Å². The molecule has 10 heteroatoms. The first-order chi connectivity index (χ1) is 26.3. The van der Waals surface area contributed by atoms with Gasteiger partial charge in [-0.2, -0.15) is 0 Å². The summed E-state index contributed by atoms with van der Waals surface area (Å²) in [7, 11) is 0. The second-order valence-electron chi connectivity index (χ2n) is 16.3. The molecular weight excluding hydrogens is 684 g/mol. The minimum atomic E-state index is -0.816. The Bertz CT molecular complexity index is 1970. The normalized spacial score (nSPS) is 29.7. The lowest BCUT2D eigenvalue weighted by Crippen LogP contribution is -2.48. The zero-order valence-corrected chi connectivity index (χ0v) is 30.4. The molecule has 1 N–H and O–H groups in total. The van der Waals surface area contributed by atoms with Gasteiger partial charge in [-0.1, -0.05) is 84.4 Å². The number of benzene rings is 3. The lowest BCUT2D eigenvalue weighted by molar-refractivity contribution is -0.146. The van der Waals surface area contributed by atoms with Gasteiger partial charge >= 0.3 is 0 Å². The molecule has 2 aliphatic carbocycles. The third kappa shape index (κ3) is 5.98. The average Bonchev–Trinajstić information content (AvgIpc) is 3.60. The van der Waals surface area contributed by atoms with Crippen LogP contribution in [0.4, 0.5) is 4.39 Å². The molecule has 0 unspecified atom stereocenters. The Morgan fingerprint density at radius 2 is 1.11 bits per heavy atom. The van der Waals surface area contributed by atoms with E-state index in [1.807, 2.05) is 42.5 Å². The van der Waals surface area contributed by atoms with Crippen molar-refractivity contribution in [2.24, 2.45) is 29.6 Å². The van der Waals surface area contributed by atoms with Gasteiger partial charge in [-0.15, -0.1) is 0 Å². The molecule has 6 atom stereocenters. The lowest BCUT2D eigenvalue weighted by atomic mass is 9.57. The van der Waals surface area contributed by atoms with Crippen molar-refractivity contribution in [1.82, 2.24) is 19.6 Å². The SMILES string of the molecule is O=C1[C@H]2[C@H](CC=C3[C@H]2C[C@H]2C(=O)N(C4CCN(Cc5ccccc5)CC4)C(=O)[C@H]2[C@H]3c2cccc(F)c2O)C(=O)N1C1CCN(Cc2ccccc2)CC1. The fraction of sp³-hybridized carbons (Fsp3) is 0.455. The molecule has 6 aliphatic rings. The molecule has 280 valence electrons. The second-order valence-corrected chi connectivity index (χ2v) is 16.3. The number of hydrogen-bond donors (Lipinski definition) is 1. The number of carbonyl (C=O) groups excluding carboxylic acids is 4. The quantitative estimate of drug-likeness (QED) is 0.253. The van der Waals surface area contributed by atoms with Crippen LogP contribution in [0.25, 0.3) is 0 Å². The Kier molecular flexibility index (Phi) is 9.22. The van der Waals surface area contributed by atoms with Gasteiger partial charge < -0.3 is 5.11 Å². The van der Waals surface area contributed by atoms with Crippen molar-refractivity contribution in [1.29, 1.82) is 0 Å². The molecule has 54 heavy (non-hydrogen) atoms. The van der Waals surface area contributed by atoms with E-state index < -0.39 is 47.1 Å². The fourth-order valence-corrected chi connectivity index (χ4v) is 10.8. The third-order valence-corrected chi connectivity index (χ3v) is 13.4. The van der Waals surface area contributed by atoms with E-state index in [0.29, 0.717) is 32.1 Å². The number of phenols is 1. The maximum atomic E-state index is 15.0. The molecule has 4 amide bonds. The van der Waals surface area contributed by atoms with Crippen LogP contribution in [0, 0.1) is 35.4 Å². The standard InChI is InChI=1S/C44H47FN4O5/c45-36-13-7-12-32(40(36)50)37-31-14-15-33-38(43(53)48(41(33)51)29-16-20-46(21-17-29)25-27-8-3-1-4-9-27)34(31)24-35-39(37)44(54)49(42(35)52)30-18-22-47(23-19-30)26-28-10-5-2-6-11-28/h1-14,29-30,33-35,37-39,50H,15-26H2/t33-,34+,35+,37+,38-,39+/m0/s1. The number of likely N-dealkylation sites (tertiary alicyclic amines) is 4. The summed E-state index contributed by atoms with van der Waals surface area (Å²) >= 11 is 0. The van der Waals surface area contributed by atoms with Crippen molar-refractivity contribution < 1.29 is 28.7 Å². The van der Waals surface area contributed by atoms with Gasteiger partial charge in [0.05, 0.1) is 23.7 Å². The number of imide groups is 2. The summed E-state index contributed by atoms with van der Waals surface area (Å²) in [5.74, 6) is -6.17. The lowest BCUT2D eigenvalue weighted by Gasteiger charge is -2.44. The molecule has 1 saturated carbocycles. The van der Waals surface area contributed by atoms with Gasteiger partial charge in [-0.3, -0.25) is 38.8 Å². The van der Waals surface area contributed by atoms with Gasteiger partial charge in [-0.05, 0) is 61.6 Å². The van der Waals surface area contributed by atoms with E-state index in [9.17, 15) is 24.3 Å². The fourth-order valence-electron chi connectivity index (χ4n) is 10.8. The molecule has 4 heterocycles. The highest BCUT2D eigenvalue weighted by Gasteiger charge is 2.63. The molecule has 5 fully saturated rings. The number of amides is 4. The largest absolute Gasteiger partial charge is 0.505 e. The monoisotopic (exact) mass is 730 g/mol. The summed E-state index contributed by atoms with van der Waals surface area (Å²) in [5, 5.41) is 11.1. The number of allylic oxidation sites excluding steroid dienone is 2. The predicted octanol–water partition coefficient (Wildman–Crippen LogP) is 5.50. The average molecular weight is 731 g/mol. The van der Waals surface area contributed by atoms with Gasteiger partial charge in [0.25, 0.3) is 0 Å². The third-order valence-electron chi connectivity index (χ3n) is 13.4. The van der Waals surface area contributed by atoms with E-state index >= 15 is 4.39 Å². The first-order valence-corrected chi connectivity index (χ1v) is 19.7. The van der Waals surface area contributed by atoms with E-state index in [1.165, 1.54) is 33.1 Å². The van der Waals surface area contributed by atoms with Crippen molar-refractivity contribution in [3.63, 3.8) is 0 Å². The van der Waals surface area contributed by atoms with Gasteiger partial charge in [0, 0.05) is 62.8 Å². The number of aromatic hydroxyl groups is 1. The van der Waals surface area contributed by atoms with Crippen LogP contribution in [0.1, 0.15) is 61.1 Å². The van der Waals surface area contributed by atoms with Crippen LogP contribution in [0.15, 0.2) is 90.5 Å². The number of para-hydroxylation sites is 1. The molecule has 0 spiro atoms. The summed E-state index contributed by atoms with van der Waals surface area (Å²) < 4.78 is 15.0. The molecule has 3 aromatic rings. The first kappa shape index (κ1) is 35.1. The van der Waals surface area contributed by atoms with E-state index in [2.05, 4.69) is 34.1 Å². The topological polar surface area (TPSA) is 101 Å². The molecule has 9 nitrogen and oxygen atoms in total. The summed E-state index contributed by atoms with van der Waals surface area (Å²) in [6, 6.07) is 24.4. The smallest absolute Gasteiger partial charge is 0.234 e. The van der Waals surface area contributed by atoms with Gasteiger partial charge in [-0.25, -0.2) is 4.39 Å². The minimum absolute atomic E-state index is 0.146. The Balaban J connectivity index is 0.969. The second kappa shape index (κ2) is 14.2. The van der Waals surface area contributed by atoms with Gasteiger partial charge in [0.15, 0.2) is 11.6 Å². The number of piperidine rings is 2. The highest BCUT2D eigenvalue weighted by atomic mass is 19.1. The number of phenolic OH excluding ortho intramolecular Hbond substituents is 1. The van der Waals surface area contributed by atoms with Gasteiger partial charge in [0.1, 0.15) is 0 Å². The van der Waals surface area contributed by atoms with Crippen LogP contribution in [0.3, 0.4) is 0 Å². The van der Waals surface area contributed by atoms with E-state index in [0.717, 1.165) is 44.8 Å². The van der Waals surface area contributed by atoms with Gasteiger partial charge in [0.2, 0.25) is 23.6 Å². The summed E-state index contributed by atoms with van der Waals surface area (Å²) in [4.78, 5) is 65.5. The summed E-state index contributed by atoms with van der Waals surface area (Å²) in [5.41, 5.74) is 3.49. The maximum Gasteiger partial charge on any atom is 0.234 e. The number of hydrogen-bond acceptors (Lipinski definition) is 7. The first-order valence-electron chi connectivity index (χ1n) is 19.7. The highest BCUT2D eigenvalue weighted by Crippen LogP contribution is 2.59. The Labute approximate surface area is 315 Å². The van der Waals surface area contributed by atoms with Crippen molar-refractivity contribution in [2.45, 2.75) is 69.6 Å². The highest BCUT2D eigenvalue weighted by molar-refractivity contribution is 6.08. The van der Waals surface area contributed by atoms with E-state index in [-0.39, 0.29) is 47.7 Å².